The number of nitrogens with zero attached hydrogens (tertiary/aromatic N) is 2. The second kappa shape index (κ2) is 9.50. The summed E-state index contributed by atoms with van der Waals surface area (Å²) in [6.07, 6.45) is 0. The van der Waals surface area contributed by atoms with E-state index in [2.05, 4.69) is 22.8 Å². The van der Waals surface area contributed by atoms with Gasteiger partial charge in [0.15, 0.2) is 11.5 Å². The number of hydrogen-bond donors (Lipinski definition) is 0. The number of piperazine rings is 1. The number of aryl methyl sites for hydroxylation is 3. The maximum Gasteiger partial charge on any atom is 0.250 e. The van der Waals surface area contributed by atoms with E-state index in [9.17, 15) is 9.59 Å². The Kier molecular flexibility index (Phi) is 6.66. The fourth-order valence-corrected chi connectivity index (χ4v) is 4.82. The molecule has 0 N–H and O–H groups in total. The van der Waals surface area contributed by atoms with Gasteiger partial charge in [-0.3, -0.25) is 14.5 Å². The zero-order valence-electron chi connectivity index (χ0n) is 20.8. The molecule has 0 atom stereocenters. The van der Waals surface area contributed by atoms with Crippen molar-refractivity contribution in [2.24, 2.45) is 0 Å². The van der Waals surface area contributed by atoms with Gasteiger partial charge >= 0.3 is 0 Å². The molecule has 0 amide bonds. The highest BCUT2D eigenvalue weighted by Gasteiger charge is 2.30. The molecule has 1 aliphatic heterocycles. The van der Waals surface area contributed by atoms with Crippen LogP contribution >= 0.6 is 0 Å². The molecule has 0 aromatic heterocycles. The van der Waals surface area contributed by atoms with Crippen LogP contribution in [0.2, 0.25) is 0 Å². The molecule has 3 aromatic carbocycles. The number of ether oxygens (including phenoxy) is 3. The lowest BCUT2D eigenvalue weighted by atomic mass is 9.91. The van der Waals surface area contributed by atoms with Gasteiger partial charge in [0.2, 0.25) is 16.6 Å². The Balaban J connectivity index is 1.52. The van der Waals surface area contributed by atoms with Crippen LogP contribution in [0.5, 0.6) is 17.2 Å². The molecule has 7 heteroatoms. The van der Waals surface area contributed by atoms with Crippen LogP contribution in [0.3, 0.4) is 0 Å². The fraction of sp³-hybridized carbons (Fsp3) is 0.407. The molecule has 0 unspecified atom stereocenters. The predicted molar refractivity (Wildman–Crippen MR) is 135 cm³/mol. The summed E-state index contributed by atoms with van der Waals surface area (Å²) in [6, 6.07) is 7.99. The molecule has 34 heavy (non-hydrogen) atoms. The summed E-state index contributed by atoms with van der Waals surface area (Å²) < 4.78 is 16.5. The summed E-state index contributed by atoms with van der Waals surface area (Å²) in [5.41, 5.74) is 5.60. The van der Waals surface area contributed by atoms with Crippen LogP contribution < -0.4 is 30.0 Å². The molecule has 0 bridgehead atoms. The van der Waals surface area contributed by atoms with Crippen molar-refractivity contribution in [3.8, 4) is 28.4 Å². The van der Waals surface area contributed by atoms with Crippen LogP contribution in [-0.4, -0.2) is 52.4 Å². The lowest BCUT2D eigenvalue weighted by Gasteiger charge is -2.37. The Bertz CT molecular complexity index is 1280. The molecule has 0 saturated carbocycles. The maximum atomic E-state index is 12.6. The average molecular weight is 465 g/mol. The summed E-state index contributed by atoms with van der Waals surface area (Å²) in [4.78, 5) is 29.5. The van der Waals surface area contributed by atoms with Crippen LogP contribution in [0.4, 0.5) is 5.69 Å². The van der Waals surface area contributed by atoms with Gasteiger partial charge in [-0.05, 0) is 49.1 Å². The largest absolute Gasteiger partial charge is 0.493 e. The fourth-order valence-electron chi connectivity index (χ4n) is 4.82. The summed E-state index contributed by atoms with van der Waals surface area (Å²) in [6.45, 7) is 9.66. The minimum atomic E-state index is -0.376. The van der Waals surface area contributed by atoms with Crippen molar-refractivity contribution < 1.29 is 14.2 Å². The molecule has 180 valence electrons. The highest BCUT2D eigenvalue weighted by Crippen LogP contribution is 2.40. The highest BCUT2D eigenvalue weighted by atomic mass is 16.5. The Morgan fingerprint density at radius 3 is 2.03 bits per heavy atom. The number of anilines is 1. The predicted octanol–water partition coefficient (Wildman–Crippen LogP) is 3.22. The van der Waals surface area contributed by atoms with E-state index in [0.29, 0.717) is 48.1 Å². The first-order chi connectivity index (χ1) is 16.3. The van der Waals surface area contributed by atoms with Crippen LogP contribution in [-0.2, 0) is 6.54 Å². The number of hydrogen-bond acceptors (Lipinski definition) is 7. The van der Waals surface area contributed by atoms with E-state index < -0.39 is 0 Å². The van der Waals surface area contributed by atoms with Crippen molar-refractivity contribution in [1.29, 1.82) is 0 Å². The molecule has 4 rings (SSSR count). The SMILES string of the molecule is COc1ccc(CN2CCN(c3c(-c4cc(C)c(C)cc4C)c(=O)c3=O)CC2)c(OC)c1OC. The van der Waals surface area contributed by atoms with Gasteiger partial charge < -0.3 is 19.1 Å². The van der Waals surface area contributed by atoms with Gasteiger partial charge in [-0.15, -0.1) is 0 Å². The van der Waals surface area contributed by atoms with E-state index >= 15 is 0 Å². The lowest BCUT2D eigenvalue weighted by Crippen LogP contribution is -2.51. The molecular weight excluding hydrogens is 432 g/mol. The number of rotatable bonds is 7. The van der Waals surface area contributed by atoms with Gasteiger partial charge in [-0.2, -0.15) is 0 Å². The van der Waals surface area contributed by atoms with Gasteiger partial charge in [-0.1, -0.05) is 18.2 Å². The van der Waals surface area contributed by atoms with E-state index in [4.69, 9.17) is 14.2 Å². The van der Waals surface area contributed by atoms with Crippen LogP contribution in [0.15, 0.2) is 33.9 Å². The quantitative estimate of drug-likeness (QED) is 0.498. The van der Waals surface area contributed by atoms with Crippen LogP contribution in [0.25, 0.3) is 11.1 Å². The first-order valence-corrected chi connectivity index (χ1v) is 11.5. The van der Waals surface area contributed by atoms with Crippen molar-refractivity contribution in [2.75, 3.05) is 52.4 Å². The van der Waals surface area contributed by atoms with E-state index in [1.54, 1.807) is 21.3 Å². The zero-order chi connectivity index (χ0) is 24.6. The van der Waals surface area contributed by atoms with E-state index in [1.165, 1.54) is 5.56 Å². The second-order valence-corrected chi connectivity index (χ2v) is 8.89. The molecule has 1 saturated heterocycles. The van der Waals surface area contributed by atoms with Gasteiger partial charge in [0.05, 0.1) is 26.9 Å². The smallest absolute Gasteiger partial charge is 0.250 e. The average Bonchev–Trinajstić information content (AvgIpc) is 2.84. The third-order valence-corrected chi connectivity index (χ3v) is 6.86. The van der Waals surface area contributed by atoms with Crippen molar-refractivity contribution in [3.63, 3.8) is 0 Å². The Labute approximate surface area is 200 Å². The molecule has 7 nitrogen and oxygen atoms in total. The molecule has 1 fully saturated rings. The normalized spacial score (nSPS) is 14.5. The standard InChI is InChI=1S/C27H32N2O5/c1-16-13-18(3)20(14-17(16)2)22-23(25(31)24(22)30)29-11-9-28(10-12-29)15-19-7-8-21(32-4)27(34-6)26(19)33-5/h7-8,13-14H,9-12,15H2,1-6H3. The first-order valence-electron chi connectivity index (χ1n) is 11.5. The first kappa shape index (κ1) is 23.8. The molecular formula is C27H32N2O5. The van der Waals surface area contributed by atoms with E-state index in [1.807, 2.05) is 32.0 Å². The molecule has 1 heterocycles. The molecule has 1 aliphatic rings. The van der Waals surface area contributed by atoms with Gasteiger partial charge in [0.25, 0.3) is 0 Å². The summed E-state index contributed by atoms with van der Waals surface area (Å²) in [7, 11) is 4.83. The monoisotopic (exact) mass is 464 g/mol. The summed E-state index contributed by atoms with van der Waals surface area (Å²) in [5, 5.41) is 0. The topological polar surface area (TPSA) is 68.3 Å². The Morgan fingerprint density at radius 1 is 0.765 bits per heavy atom. The van der Waals surface area contributed by atoms with Crippen molar-refractivity contribution >= 4 is 5.69 Å². The summed E-state index contributed by atoms with van der Waals surface area (Å²) in [5.74, 6) is 1.87. The van der Waals surface area contributed by atoms with E-state index in [0.717, 1.165) is 35.3 Å². The minimum Gasteiger partial charge on any atom is -0.493 e. The minimum absolute atomic E-state index is 0.373. The van der Waals surface area contributed by atoms with Crippen LogP contribution in [0.1, 0.15) is 22.3 Å². The van der Waals surface area contributed by atoms with Crippen LogP contribution in [0, 0.1) is 20.8 Å². The highest BCUT2D eigenvalue weighted by molar-refractivity contribution is 5.85. The molecule has 0 spiro atoms. The number of benzene rings is 2. The van der Waals surface area contributed by atoms with Gasteiger partial charge in [0, 0.05) is 38.3 Å². The Hall–Kier alpha value is -3.32. The van der Waals surface area contributed by atoms with Gasteiger partial charge in [0.1, 0.15) is 5.69 Å². The maximum absolute atomic E-state index is 12.6. The second-order valence-electron chi connectivity index (χ2n) is 8.89. The van der Waals surface area contributed by atoms with Crippen molar-refractivity contribution in [1.82, 2.24) is 4.90 Å². The Morgan fingerprint density at radius 2 is 1.41 bits per heavy atom. The van der Waals surface area contributed by atoms with Crippen molar-refractivity contribution in [2.45, 2.75) is 27.3 Å². The van der Waals surface area contributed by atoms with Crippen molar-refractivity contribution in [3.05, 3.63) is 67.0 Å². The van der Waals surface area contributed by atoms with E-state index in [-0.39, 0.29) is 10.9 Å². The molecule has 0 radical (unpaired) electrons. The molecule has 3 aromatic rings. The lowest BCUT2D eigenvalue weighted by molar-refractivity contribution is 0.243. The third-order valence-electron chi connectivity index (χ3n) is 6.86. The number of methoxy groups -OCH3 is 3. The zero-order valence-corrected chi connectivity index (χ0v) is 20.8. The molecule has 0 aliphatic carbocycles. The van der Waals surface area contributed by atoms with Gasteiger partial charge in [-0.25, -0.2) is 0 Å². The third kappa shape index (κ3) is 4.05. The summed E-state index contributed by atoms with van der Waals surface area (Å²) >= 11 is 0.